The summed E-state index contributed by atoms with van der Waals surface area (Å²) in [5.41, 5.74) is 4.60. The Bertz CT molecular complexity index is 1290. The molecule has 0 saturated carbocycles. The second kappa shape index (κ2) is 10.5. The summed E-state index contributed by atoms with van der Waals surface area (Å²) in [6, 6.07) is 13.7. The van der Waals surface area contributed by atoms with Gasteiger partial charge in [-0.05, 0) is 74.8 Å². The van der Waals surface area contributed by atoms with Crippen LogP contribution in [0.1, 0.15) is 55.7 Å². The summed E-state index contributed by atoms with van der Waals surface area (Å²) in [7, 11) is 0. The summed E-state index contributed by atoms with van der Waals surface area (Å²) in [5, 5.41) is 17.2. The van der Waals surface area contributed by atoms with E-state index in [0.717, 1.165) is 50.9 Å². The summed E-state index contributed by atoms with van der Waals surface area (Å²) in [4.78, 5) is 18.9. The van der Waals surface area contributed by atoms with Crippen LogP contribution in [0, 0.1) is 11.3 Å². The molecule has 1 atom stereocenters. The Balaban J connectivity index is 1.30. The van der Waals surface area contributed by atoms with Crippen LogP contribution < -0.4 is 10.1 Å². The maximum atomic E-state index is 12.3. The first-order valence-corrected chi connectivity index (χ1v) is 12.7. The van der Waals surface area contributed by atoms with Gasteiger partial charge in [-0.3, -0.25) is 4.79 Å². The lowest BCUT2D eigenvalue weighted by atomic mass is 9.98. The molecule has 1 fully saturated rings. The predicted octanol–water partition coefficient (Wildman–Crippen LogP) is 4.30. The van der Waals surface area contributed by atoms with Gasteiger partial charge < -0.3 is 19.5 Å². The molecule has 2 aromatic carbocycles. The number of nitrogens with zero attached hydrogens (tertiary/aromatic N) is 4. The lowest BCUT2D eigenvalue weighted by Gasteiger charge is -2.17. The highest BCUT2D eigenvalue weighted by Gasteiger charge is 2.27. The summed E-state index contributed by atoms with van der Waals surface area (Å²) < 4.78 is 11.3. The van der Waals surface area contributed by atoms with Crippen molar-refractivity contribution in [1.29, 1.82) is 5.26 Å². The van der Waals surface area contributed by atoms with Crippen molar-refractivity contribution in [1.82, 2.24) is 20.4 Å². The zero-order valence-electron chi connectivity index (χ0n) is 20.8. The fourth-order valence-electron chi connectivity index (χ4n) is 5.15. The van der Waals surface area contributed by atoms with Crippen LogP contribution in [0.25, 0.3) is 22.8 Å². The fourth-order valence-corrected chi connectivity index (χ4v) is 5.15. The van der Waals surface area contributed by atoms with E-state index in [9.17, 15) is 10.1 Å². The molecule has 8 nitrogen and oxygen atoms in total. The minimum absolute atomic E-state index is 0.0253. The van der Waals surface area contributed by atoms with E-state index in [-0.39, 0.29) is 12.0 Å². The molecule has 8 heteroatoms. The third kappa shape index (κ3) is 4.98. The smallest absolute Gasteiger partial charge is 0.258 e. The second-order valence-electron chi connectivity index (χ2n) is 9.74. The van der Waals surface area contributed by atoms with E-state index in [0.29, 0.717) is 41.1 Å². The molecular weight excluding hydrogens is 454 g/mol. The number of carbonyl (C=O) groups is 1. The number of rotatable bonds is 8. The third-order valence-electron chi connectivity index (χ3n) is 6.90. The molecule has 1 unspecified atom stereocenters. The van der Waals surface area contributed by atoms with Crippen molar-refractivity contribution in [2.24, 2.45) is 0 Å². The Morgan fingerprint density at radius 2 is 2.11 bits per heavy atom. The fraction of sp³-hybridized carbons (Fsp3) is 0.429. The second-order valence-corrected chi connectivity index (χ2v) is 9.74. The maximum absolute atomic E-state index is 12.3. The minimum atomic E-state index is -0.0253. The van der Waals surface area contributed by atoms with Gasteiger partial charge in [-0.25, -0.2) is 0 Å². The van der Waals surface area contributed by atoms with Gasteiger partial charge in [-0.2, -0.15) is 10.2 Å². The summed E-state index contributed by atoms with van der Waals surface area (Å²) in [5.74, 6) is 2.00. The molecule has 1 aromatic heterocycles. The van der Waals surface area contributed by atoms with Crippen molar-refractivity contribution in [3.05, 3.63) is 53.1 Å². The van der Waals surface area contributed by atoms with Crippen LogP contribution in [0.2, 0.25) is 0 Å². The van der Waals surface area contributed by atoms with Crippen molar-refractivity contribution < 1.29 is 14.1 Å². The van der Waals surface area contributed by atoms with Crippen LogP contribution >= 0.6 is 0 Å². The molecule has 0 spiro atoms. The first-order chi connectivity index (χ1) is 17.5. The number of fused-ring (bicyclic) bond motifs is 1. The number of amides is 1. The molecule has 1 saturated heterocycles. The number of likely N-dealkylation sites (tertiary alicyclic amines) is 1. The highest BCUT2D eigenvalue weighted by Crippen LogP contribution is 2.38. The normalized spacial score (nSPS) is 16.8. The Kier molecular flexibility index (Phi) is 7.01. The average molecular weight is 486 g/mol. The first-order valence-electron chi connectivity index (χ1n) is 12.7. The van der Waals surface area contributed by atoms with Gasteiger partial charge in [0.2, 0.25) is 11.7 Å². The molecule has 36 heavy (non-hydrogen) atoms. The van der Waals surface area contributed by atoms with Crippen LogP contribution in [0.3, 0.4) is 0 Å². The quantitative estimate of drug-likeness (QED) is 0.507. The lowest BCUT2D eigenvalue weighted by molar-refractivity contribution is -0.129. The van der Waals surface area contributed by atoms with Gasteiger partial charge >= 0.3 is 0 Å². The Labute approximate surface area is 211 Å². The Hall–Kier alpha value is -3.70. The van der Waals surface area contributed by atoms with Gasteiger partial charge in [0.1, 0.15) is 11.8 Å². The zero-order chi connectivity index (χ0) is 25.1. The van der Waals surface area contributed by atoms with Crippen molar-refractivity contribution in [2.45, 2.75) is 51.6 Å². The number of ether oxygens (including phenoxy) is 1. The number of hydrogen-bond donors (Lipinski definition) is 1. The molecule has 1 aliphatic heterocycles. The third-order valence-corrected chi connectivity index (χ3v) is 6.90. The van der Waals surface area contributed by atoms with E-state index in [4.69, 9.17) is 9.26 Å². The largest absolute Gasteiger partial charge is 0.490 e. The minimum Gasteiger partial charge on any atom is -0.490 e. The molecule has 3 aromatic rings. The molecule has 2 heterocycles. The van der Waals surface area contributed by atoms with Crippen LogP contribution in [0.5, 0.6) is 5.75 Å². The standard InChI is InChI=1S/C28H31N5O3/c1-18(2)35-25-11-9-19(14-21(25)15-29)28-31-27(32-36-28)24-7-5-6-22-20(8-10-23(22)24)16-30-17-26(34)33-12-3-4-13-33/h5-7,9,11,14,18,20,30H,3-4,8,10,12-13,16-17H2,1-2H3. The highest BCUT2D eigenvalue weighted by molar-refractivity contribution is 5.78. The molecule has 0 radical (unpaired) electrons. The molecule has 1 aliphatic carbocycles. The van der Waals surface area contributed by atoms with E-state index < -0.39 is 0 Å². The number of aromatic nitrogens is 2. The van der Waals surface area contributed by atoms with Crippen LogP contribution in [-0.4, -0.2) is 53.2 Å². The van der Waals surface area contributed by atoms with Gasteiger partial charge in [0.15, 0.2) is 0 Å². The van der Waals surface area contributed by atoms with Gasteiger partial charge in [-0.1, -0.05) is 23.4 Å². The van der Waals surface area contributed by atoms with Crippen molar-refractivity contribution >= 4 is 5.91 Å². The van der Waals surface area contributed by atoms with Gasteiger partial charge in [0.05, 0.1) is 18.2 Å². The molecule has 1 amide bonds. The average Bonchev–Trinajstić information content (AvgIpc) is 3.65. The van der Waals surface area contributed by atoms with Crippen LogP contribution in [-0.2, 0) is 11.2 Å². The summed E-state index contributed by atoms with van der Waals surface area (Å²) in [6.07, 6.45) is 4.15. The van der Waals surface area contributed by atoms with E-state index in [1.807, 2.05) is 36.9 Å². The van der Waals surface area contributed by atoms with Crippen molar-refractivity contribution in [3.63, 3.8) is 0 Å². The SMILES string of the molecule is CC(C)Oc1ccc(-c2nc(-c3cccc4c3CCC4CNCC(=O)N3CCCC3)no2)cc1C#N. The summed E-state index contributed by atoms with van der Waals surface area (Å²) in [6.45, 7) is 6.78. The topological polar surface area (TPSA) is 104 Å². The van der Waals surface area contributed by atoms with Gasteiger partial charge in [0.25, 0.3) is 5.89 Å². The lowest BCUT2D eigenvalue weighted by Crippen LogP contribution is -2.37. The number of nitrogens with one attached hydrogen (secondary N) is 1. The molecule has 1 N–H and O–H groups in total. The number of nitriles is 1. The number of carbonyl (C=O) groups excluding carboxylic acids is 1. The van der Waals surface area contributed by atoms with E-state index in [1.54, 1.807) is 12.1 Å². The van der Waals surface area contributed by atoms with E-state index in [2.05, 4.69) is 27.6 Å². The molecule has 2 aliphatic rings. The monoisotopic (exact) mass is 485 g/mol. The van der Waals surface area contributed by atoms with E-state index in [1.165, 1.54) is 11.1 Å². The predicted molar refractivity (Wildman–Crippen MR) is 135 cm³/mol. The first kappa shape index (κ1) is 24.0. The molecule has 0 bridgehead atoms. The Morgan fingerprint density at radius 3 is 2.89 bits per heavy atom. The van der Waals surface area contributed by atoms with Crippen molar-refractivity contribution in [3.8, 4) is 34.7 Å². The molecule has 186 valence electrons. The van der Waals surface area contributed by atoms with Gasteiger partial charge in [-0.15, -0.1) is 0 Å². The van der Waals surface area contributed by atoms with Crippen molar-refractivity contribution in [2.75, 3.05) is 26.2 Å². The Morgan fingerprint density at radius 1 is 1.28 bits per heavy atom. The van der Waals surface area contributed by atoms with Gasteiger partial charge in [0, 0.05) is 30.8 Å². The zero-order valence-corrected chi connectivity index (χ0v) is 20.8. The van der Waals surface area contributed by atoms with Crippen LogP contribution in [0.4, 0.5) is 0 Å². The van der Waals surface area contributed by atoms with E-state index >= 15 is 0 Å². The van der Waals surface area contributed by atoms with Crippen LogP contribution in [0.15, 0.2) is 40.9 Å². The molecular formula is C28H31N5O3. The highest BCUT2D eigenvalue weighted by atomic mass is 16.5. The molecule has 5 rings (SSSR count). The number of hydrogen-bond acceptors (Lipinski definition) is 7. The summed E-state index contributed by atoms with van der Waals surface area (Å²) >= 11 is 0. The number of benzene rings is 2. The maximum Gasteiger partial charge on any atom is 0.258 e.